The van der Waals surface area contributed by atoms with Gasteiger partial charge in [-0.3, -0.25) is 4.79 Å². The Labute approximate surface area is 278 Å². The van der Waals surface area contributed by atoms with Crippen LogP contribution >= 0.6 is 0 Å². The molecule has 1 N–H and O–H groups in total. The number of esters is 1. The Morgan fingerprint density at radius 2 is 0.674 bits per heavy atom. The Morgan fingerprint density at radius 3 is 1.00 bits per heavy atom. The zero-order valence-corrected chi connectivity index (χ0v) is 28.9. The van der Waals surface area contributed by atoms with Gasteiger partial charge in [0.15, 0.2) is 0 Å². The van der Waals surface area contributed by atoms with Crippen molar-refractivity contribution >= 4 is 11.9 Å². The lowest BCUT2D eigenvalue weighted by molar-refractivity contribution is -0.145. The molecule has 0 fully saturated rings. The van der Waals surface area contributed by atoms with E-state index in [1.165, 1.54) is 70.6 Å². The summed E-state index contributed by atoms with van der Waals surface area (Å²) in [7, 11) is 0. The molecule has 0 bridgehead atoms. The van der Waals surface area contributed by atoms with E-state index in [-0.39, 0.29) is 25.8 Å². The maximum atomic E-state index is 11.8. The topological polar surface area (TPSA) is 137 Å². The van der Waals surface area contributed by atoms with E-state index in [9.17, 15) is 9.59 Å². The second-order valence-corrected chi connectivity index (χ2v) is 10.9. The lowest BCUT2D eigenvalue weighted by atomic mass is 10.0. The molecular formula is C34H66O12. The predicted octanol–water partition coefficient (Wildman–Crippen LogP) is 5.23. The molecule has 0 aliphatic rings. The van der Waals surface area contributed by atoms with Crippen molar-refractivity contribution in [2.45, 2.75) is 96.8 Å². The average molecular weight is 667 g/mol. The van der Waals surface area contributed by atoms with E-state index in [0.717, 1.165) is 12.8 Å². The molecule has 0 heterocycles. The third kappa shape index (κ3) is 40.6. The number of carboxylic acids is 1. The molecule has 0 aromatic heterocycles. The Bertz CT molecular complexity index is 623. The molecule has 12 nitrogen and oxygen atoms in total. The number of hydrogen-bond acceptors (Lipinski definition) is 11. The number of carbonyl (C=O) groups excluding carboxylic acids is 1. The third-order valence-electron chi connectivity index (χ3n) is 6.80. The third-order valence-corrected chi connectivity index (χ3v) is 6.80. The van der Waals surface area contributed by atoms with Gasteiger partial charge in [-0.05, 0) is 6.42 Å². The molecule has 0 atom stereocenters. The first-order valence-corrected chi connectivity index (χ1v) is 17.7. The van der Waals surface area contributed by atoms with E-state index in [1.807, 2.05) is 0 Å². The van der Waals surface area contributed by atoms with Crippen LogP contribution in [0.4, 0.5) is 0 Å². The summed E-state index contributed by atoms with van der Waals surface area (Å²) in [4.78, 5) is 22.1. The van der Waals surface area contributed by atoms with Crippen molar-refractivity contribution in [3.63, 3.8) is 0 Å². The minimum Gasteiger partial charge on any atom is -0.480 e. The zero-order valence-electron chi connectivity index (χ0n) is 28.9. The first-order valence-electron chi connectivity index (χ1n) is 17.7. The van der Waals surface area contributed by atoms with E-state index < -0.39 is 5.97 Å². The van der Waals surface area contributed by atoms with Crippen molar-refractivity contribution in [3.8, 4) is 0 Å². The average Bonchev–Trinajstić information content (AvgIpc) is 3.04. The Kier molecular flexibility index (Phi) is 38.6. The molecule has 0 aromatic rings. The molecule has 0 radical (unpaired) electrons. The first-order chi connectivity index (χ1) is 22.7. The van der Waals surface area contributed by atoms with Crippen LogP contribution in [0.1, 0.15) is 96.8 Å². The smallest absolute Gasteiger partial charge is 0.329 e. The number of unbranched alkanes of at least 4 members (excludes halogenated alkanes) is 12. The highest BCUT2D eigenvalue weighted by molar-refractivity contribution is 5.69. The molecule has 274 valence electrons. The van der Waals surface area contributed by atoms with E-state index in [2.05, 4.69) is 6.92 Å². The number of ether oxygens (including phenoxy) is 9. The summed E-state index contributed by atoms with van der Waals surface area (Å²) in [5.41, 5.74) is 0. The fraction of sp³-hybridized carbons (Fsp3) is 0.941. The molecule has 0 aliphatic heterocycles. The van der Waals surface area contributed by atoms with Crippen LogP contribution < -0.4 is 0 Å². The molecule has 0 rings (SSSR count). The summed E-state index contributed by atoms with van der Waals surface area (Å²) in [6.07, 6.45) is 17.3. The zero-order chi connectivity index (χ0) is 33.4. The van der Waals surface area contributed by atoms with Crippen LogP contribution in [-0.2, 0) is 52.2 Å². The monoisotopic (exact) mass is 666 g/mol. The van der Waals surface area contributed by atoms with Crippen LogP contribution in [0.15, 0.2) is 0 Å². The molecule has 0 aromatic carbocycles. The summed E-state index contributed by atoms with van der Waals surface area (Å²) >= 11 is 0. The van der Waals surface area contributed by atoms with Crippen molar-refractivity contribution in [1.29, 1.82) is 0 Å². The molecule has 0 saturated heterocycles. The highest BCUT2D eigenvalue weighted by Crippen LogP contribution is 2.13. The largest absolute Gasteiger partial charge is 0.480 e. The minimum absolute atomic E-state index is 0.138. The minimum atomic E-state index is -0.995. The summed E-state index contributed by atoms with van der Waals surface area (Å²) in [5.74, 6) is -1.13. The molecule has 0 unspecified atom stereocenters. The Balaban J connectivity index is 3.13. The maximum absolute atomic E-state index is 11.8. The second kappa shape index (κ2) is 39.8. The molecule has 12 heteroatoms. The summed E-state index contributed by atoms with van der Waals surface area (Å²) in [6.45, 7) is 8.73. The molecule has 46 heavy (non-hydrogen) atoms. The molecule has 0 spiro atoms. The number of aliphatic carboxylic acids is 1. The normalized spacial score (nSPS) is 11.3. The van der Waals surface area contributed by atoms with Crippen molar-refractivity contribution in [3.05, 3.63) is 0 Å². The van der Waals surface area contributed by atoms with Gasteiger partial charge in [0, 0.05) is 6.42 Å². The van der Waals surface area contributed by atoms with E-state index in [0.29, 0.717) is 98.9 Å². The van der Waals surface area contributed by atoms with Gasteiger partial charge in [0.05, 0.1) is 99.1 Å². The predicted molar refractivity (Wildman–Crippen MR) is 175 cm³/mol. The summed E-state index contributed by atoms with van der Waals surface area (Å²) in [5, 5.41) is 8.43. The molecule has 0 amide bonds. The van der Waals surface area contributed by atoms with Crippen molar-refractivity contribution in [1.82, 2.24) is 0 Å². The number of carboxylic acid groups (broad SMARTS) is 1. The standard InChI is InChI=1S/C34H66O12/c1-2-3-4-5-6-7-8-9-10-11-12-13-14-15-34(37)46-31-30-44-27-26-42-23-22-40-19-18-38-16-17-39-20-21-41-24-25-43-28-29-45-32-33(35)36/h2-32H2,1H3,(H,35,36). The fourth-order valence-corrected chi connectivity index (χ4v) is 4.27. The Hall–Kier alpha value is -1.38. The van der Waals surface area contributed by atoms with Gasteiger partial charge in [0.2, 0.25) is 0 Å². The van der Waals surface area contributed by atoms with Gasteiger partial charge in [-0.2, -0.15) is 0 Å². The SMILES string of the molecule is CCCCCCCCCCCCCCCC(=O)OCCOCCOCCOCCOCCOCCOCCOCCOCC(=O)O. The van der Waals surface area contributed by atoms with Crippen molar-refractivity contribution in [2.75, 3.05) is 112 Å². The van der Waals surface area contributed by atoms with Crippen LogP contribution in [0, 0.1) is 0 Å². The summed E-state index contributed by atoms with van der Waals surface area (Å²) < 4.78 is 47.9. The maximum Gasteiger partial charge on any atom is 0.329 e. The van der Waals surface area contributed by atoms with Crippen LogP contribution in [-0.4, -0.2) is 129 Å². The van der Waals surface area contributed by atoms with Gasteiger partial charge in [0.1, 0.15) is 13.2 Å². The lowest BCUT2D eigenvalue weighted by Crippen LogP contribution is -2.15. The second-order valence-electron chi connectivity index (χ2n) is 10.9. The van der Waals surface area contributed by atoms with Gasteiger partial charge in [-0.15, -0.1) is 0 Å². The molecule has 0 saturated carbocycles. The highest BCUT2D eigenvalue weighted by Gasteiger charge is 2.03. The lowest BCUT2D eigenvalue weighted by Gasteiger charge is -2.09. The van der Waals surface area contributed by atoms with Crippen LogP contribution in [0.3, 0.4) is 0 Å². The molecular weight excluding hydrogens is 600 g/mol. The fourth-order valence-electron chi connectivity index (χ4n) is 4.27. The van der Waals surface area contributed by atoms with E-state index in [4.69, 9.17) is 47.7 Å². The van der Waals surface area contributed by atoms with Gasteiger partial charge in [0.25, 0.3) is 0 Å². The van der Waals surface area contributed by atoms with Gasteiger partial charge >= 0.3 is 11.9 Å². The van der Waals surface area contributed by atoms with Crippen LogP contribution in [0.25, 0.3) is 0 Å². The summed E-state index contributed by atoms with van der Waals surface area (Å²) in [6, 6.07) is 0. The molecule has 0 aliphatic carbocycles. The first kappa shape index (κ1) is 44.6. The van der Waals surface area contributed by atoms with Crippen LogP contribution in [0.5, 0.6) is 0 Å². The van der Waals surface area contributed by atoms with Gasteiger partial charge < -0.3 is 47.7 Å². The van der Waals surface area contributed by atoms with Crippen molar-refractivity contribution in [2.24, 2.45) is 0 Å². The highest BCUT2D eigenvalue weighted by atomic mass is 16.6. The number of carbonyl (C=O) groups is 2. The number of hydrogen-bond donors (Lipinski definition) is 1. The van der Waals surface area contributed by atoms with Gasteiger partial charge in [-0.25, -0.2) is 4.79 Å². The van der Waals surface area contributed by atoms with Gasteiger partial charge in [-0.1, -0.05) is 84.0 Å². The quantitative estimate of drug-likeness (QED) is 0.0677. The van der Waals surface area contributed by atoms with E-state index >= 15 is 0 Å². The van der Waals surface area contributed by atoms with Crippen LogP contribution in [0.2, 0.25) is 0 Å². The van der Waals surface area contributed by atoms with Crippen molar-refractivity contribution < 1.29 is 57.3 Å². The van der Waals surface area contributed by atoms with E-state index in [1.54, 1.807) is 0 Å². The Morgan fingerprint density at radius 1 is 0.391 bits per heavy atom. The number of rotatable bonds is 40.